The van der Waals surface area contributed by atoms with Gasteiger partial charge in [0, 0.05) is 55.4 Å². The molecule has 0 N–H and O–H groups in total. The molecule has 0 bridgehead atoms. The Hall–Kier alpha value is -7.96. The predicted molar refractivity (Wildman–Crippen MR) is 246 cm³/mol. The van der Waals surface area contributed by atoms with Gasteiger partial charge in [-0.1, -0.05) is 127 Å². The molecule has 0 radical (unpaired) electrons. The van der Waals surface area contributed by atoms with Crippen LogP contribution in [0, 0.1) is 0 Å². The number of benzene rings is 9. The average Bonchev–Trinajstić information content (AvgIpc) is 3.89. The third-order valence-electron chi connectivity index (χ3n) is 12.9. The molecule has 3 aliphatic heterocycles. The standard InChI is InChI=1S/C54H31BN2O3/c1-4-21-47-37(11-1)39-15-7-13-35(53(39)59-47)32-25-28-34(29-26-32)56-43-30-27-33(36-14-8-16-40-38-12-2-5-22-48(38)60-54(36)40)31-42(43)55-41-17-9-24-50-52(41)57(44-18-3-6-23-49(44)58-50)46-20-10-19-45(56)51(46)55/h1-31H. The molecular formula is C54H31BN2O3. The Labute approximate surface area is 345 Å². The van der Waals surface area contributed by atoms with E-state index in [2.05, 4.69) is 174 Å². The fourth-order valence-corrected chi connectivity index (χ4v) is 10.3. The minimum absolute atomic E-state index is 0.0534. The molecule has 2 aromatic heterocycles. The van der Waals surface area contributed by atoms with Crippen LogP contribution in [0.2, 0.25) is 0 Å². The summed E-state index contributed by atoms with van der Waals surface area (Å²) in [6.45, 7) is -0.0534. The third-order valence-corrected chi connectivity index (χ3v) is 12.9. The van der Waals surface area contributed by atoms with Crippen molar-refractivity contribution in [3.05, 3.63) is 188 Å². The van der Waals surface area contributed by atoms with E-state index in [1.54, 1.807) is 0 Å². The zero-order valence-electron chi connectivity index (χ0n) is 32.1. The van der Waals surface area contributed by atoms with Crippen molar-refractivity contribution in [1.82, 2.24) is 0 Å². The second-order valence-electron chi connectivity index (χ2n) is 16.0. The number of hydrogen-bond acceptors (Lipinski definition) is 5. The van der Waals surface area contributed by atoms with Gasteiger partial charge in [-0.2, -0.15) is 0 Å². The topological polar surface area (TPSA) is 42.0 Å². The quantitative estimate of drug-likeness (QED) is 0.168. The Morgan fingerprint density at radius 2 is 0.950 bits per heavy atom. The molecular weight excluding hydrogens is 735 g/mol. The second kappa shape index (κ2) is 11.8. The highest BCUT2D eigenvalue weighted by atomic mass is 16.5. The molecule has 0 saturated heterocycles. The van der Waals surface area contributed by atoms with Crippen molar-refractivity contribution in [2.24, 2.45) is 0 Å². The maximum atomic E-state index is 6.65. The normalized spacial score (nSPS) is 13.4. The Balaban J connectivity index is 0.998. The molecule has 0 spiro atoms. The lowest BCUT2D eigenvalue weighted by atomic mass is 9.33. The number of para-hydroxylation sites is 7. The van der Waals surface area contributed by atoms with E-state index in [1.165, 1.54) is 16.4 Å². The van der Waals surface area contributed by atoms with Gasteiger partial charge in [-0.3, -0.25) is 0 Å². The van der Waals surface area contributed by atoms with Crippen LogP contribution in [0.4, 0.5) is 34.1 Å². The van der Waals surface area contributed by atoms with Crippen molar-refractivity contribution >= 4 is 101 Å². The molecule has 9 aromatic carbocycles. The first-order valence-corrected chi connectivity index (χ1v) is 20.4. The third kappa shape index (κ3) is 4.26. The van der Waals surface area contributed by atoms with Crippen LogP contribution >= 0.6 is 0 Å². The van der Waals surface area contributed by atoms with Crippen molar-refractivity contribution in [2.45, 2.75) is 0 Å². The summed E-state index contributed by atoms with van der Waals surface area (Å²) in [4.78, 5) is 4.86. The number of hydrogen-bond donors (Lipinski definition) is 0. The summed E-state index contributed by atoms with van der Waals surface area (Å²) in [6.07, 6.45) is 0. The first-order chi connectivity index (χ1) is 29.8. The van der Waals surface area contributed by atoms with Crippen molar-refractivity contribution in [1.29, 1.82) is 0 Å². The first kappa shape index (κ1) is 32.1. The molecule has 6 heteroatoms. The van der Waals surface area contributed by atoms with E-state index in [0.29, 0.717) is 0 Å². The van der Waals surface area contributed by atoms with Gasteiger partial charge in [-0.25, -0.2) is 0 Å². The van der Waals surface area contributed by atoms with E-state index in [4.69, 9.17) is 13.6 Å². The van der Waals surface area contributed by atoms with Gasteiger partial charge < -0.3 is 23.4 Å². The summed E-state index contributed by atoms with van der Waals surface area (Å²) < 4.78 is 19.7. The molecule has 0 saturated carbocycles. The number of rotatable bonds is 3. The summed E-state index contributed by atoms with van der Waals surface area (Å²) >= 11 is 0. The van der Waals surface area contributed by atoms with E-state index in [1.807, 2.05) is 24.3 Å². The zero-order chi connectivity index (χ0) is 39.1. The van der Waals surface area contributed by atoms with Crippen molar-refractivity contribution in [3.8, 4) is 33.8 Å². The minimum Gasteiger partial charge on any atom is -0.455 e. The van der Waals surface area contributed by atoms with Crippen LogP contribution in [0.25, 0.3) is 66.1 Å². The van der Waals surface area contributed by atoms with E-state index in [9.17, 15) is 0 Å². The second-order valence-corrected chi connectivity index (χ2v) is 16.0. The number of nitrogens with zero attached hydrogens (tertiary/aromatic N) is 2. The maximum absolute atomic E-state index is 6.65. The van der Waals surface area contributed by atoms with Gasteiger partial charge in [0.05, 0.1) is 11.4 Å². The van der Waals surface area contributed by atoms with E-state index in [-0.39, 0.29) is 6.71 Å². The first-order valence-electron chi connectivity index (χ1n) is 20.4. The molecule has 14 rings (SSSR count). The van der Waals surface area contributed by atoms with Crippen LogP contribution in [-0.4, -0.2) is 6.71 Å². The fourth-order valence-electron chi connectivity index (χ4n) is 10.3. The average molecular weight is 767 g/mol. The highest BCUT2D eigenvalue weighted by Gasteiger charge is 2.45. The summed E-state index contributed by atoms with van der Waals surface area (Å²) in [7, 11) is 0. The van der Waals surface area contributed by atoms with Crippen LogP contribution in [0.5, 0.6) is 11.5 Å². The van der Waals surface area contributed by atoms with Gasteiger partial charge in [0.25, 0.3) is 6.71 Å². The number of anilines is 6. The molecule has 11 aromatic rings. The Morgan fingerprint density at radius 3 is 1.70 bits per heavy atom. The van der Waals surface area contributed by atoms with E-state index < -0.39 is 0 Å². The largest absolute Gasteiger partial charge is 0.455 e. The number of ether oxygens (including phenoxy) is 1. The van der Waals surface area contributed by atoms with Crippen LogP contribution < -0.4 is 30.9 Å². The highest BCUT2D eigenvalue weighted by molar-refractivity contribution is 7.00. The van der Waals surface area contributed by atoms with Crippen LogP contribution in [-0.2, 0) is 0 Å². The molecule has 278 valence electrons. The Kier molecular flexibility index (Phi) is 6.31. The highest BCUT2D eigenvalue weighted by Crippen LogP contribution is 2.53. The van der Waals surface area contributed by atoms with Crippen LogP contribution in [0.1, 0.15) is 0 Å². The van der Waals surface area contributed by atoms with E-state index >= 15 is 0 Å². The lowest BCUT2D eigenvalue weighted by Crippen LogP contribution is -2.61. The molecule has 3 aliphatic rings. The minimum atomic E-state index is -0.0534. The lowest BCUT2D eigenvalue weighted by Gasteiger charge is -2.45. The lowest BCUT2D eigenvalue weighted by molar-refractivity contribution is 0.477. The molecule has 0 aliphatic carbocycles. The molecule has 0 amide bonds. The van der Waals surface area contributed by atoms with E-state index in [0.717, 1.165) is 112 Å². The van der Waals surface area contributed by atoms with Gasteiger partial charge in [0.1, 0.15) is 22.3 Å². The van der Waals surface area contributed by atoms with Crippen molar-refractivity contribution < 1.29 is 13.6 Å². The van der Waals surface area contributed by atoms with Crippen molar-refractivity contribution in [2.75, 3.05) is 9.80 Å². The summed E-state index contributed by atoms with van der Waals surface area (Å²) in [5.41, 5.74) is 18.4. The Morgan fingerprint density at radius 1 is 0.383 bits per heavy atom. The van der Waals surface area contributed by atoms with Gasteiger partial charge in [-0.05, 0) is 88.2 Å². The fraction of sp³-hybridized carbons (Fsp3) is 0. The smallest absolute Gasteiger partial charge is 0.252 e. The molecule has 0 fully saturated rings. The maximum Gasteiger partial charge on any atom is 0.252 e. The van der Waals surface area contributed by atoms with Gasteiger partial charge in [-0.15, -0.1) is 0 Å². The predicted octanol–water partition coefficient (Wildman–Crippen LogP) is 13.0. The monoisotopic (exact) mass is 766 g/mol. The summed E-state index contributed by atoms with van der Waals surface area (Å²) in [6, 6.07) is 67.1. The number of furan rings is 2. The molecule has 0 unspecified atom stereocenters. The zero-order valence-corrected chi connectivity index (χ0v) is 32.1. The Bertz CT molecular complexity index is 3620. The summed E-state index contributed by atoms with van der Waals surface area (Å²) in [5.74, 6) is 1.71. The molecule has 5 nitrogen and oxygen atoms in total. The van der Waals surface area contributed by atoms with Crippen LogP contribution in [0.15, 0.2) is 197 Å². The van der Waals surface area contributed by atoms with Crippen LogP contribution in [0.3, 0.4) is 0 Å². The molecule has 60 heavy (non-hydrogen) atoms. The van der Waals surface area contributed by atoms with Crippen molar-refractivity contribution in [3.63, 3.8) is 0 Å². The SMILES string of the molecule is c1ccc2c(c1)Oc1cccc3c1N2c1cccc2c1B3c1cc(-c3cccc4c3oc3ccccc34)ccc1N2c1ccc(-c2cccc3c2oc2ccccc23)cc1. The summed E-state index contributed by atoms with van der Waals surface area (Å²) in [5, 5.41) is 4.50. The van der Waals surface area contributed by atoms with Gasteiger partial charge in [0.15, 0.2) is 11.5 Å². The molecule has 0 atom stereocenters. The van der Waals surface area contributed by atoms with Gasteiger partial charge in [0.2, 0.25) is 0 Å². The number of fused-ring (bicyclic) bond motifs is 12. The van der Waals surface area contributed by atoms with Gasteiger partial charge >= 0.3 is 0 Å². The molecule has 5 heterocycles.